The maximum absolute atomic E-state index is 13.4. The summed E-state index contributed by atoms with van der Waals surface area (Å²) in [7, 11) is 0. The van der Waals surface area contributed by atoms with E-state index in [1.54, 1.807) is 24.3 Å². The quantitative estimate of drug-likeness (QED) is 0.334. The van der Waals surface area contributed by atoms with E-state index in [1.165, 1.54) is 12.1 Å². The molecule has 0 radical (unpaired) electrons. The number of carbonyl (C=O) groups is 1. The van der Waals surface area contributed by atoms with Gasteiger partial charge in [0.25, 0.3) is 5.69 Å². The van der Waals surface area contributed by atoms with E-state index in [4.69, 9.17) is 0 Å². The van der Waals surface area contributed by atoms with Crippen molar-refractivity contribution in [2.24, 2.45) is 0 Å². The molecule has 34 heavy (non-hydrogen) atoms. The Kier molecular flexibility index (Phi) is 6.07. The minimum atomic E-state index is -4.55. The number of nitrogens with zero attached hydrogens (tertiary/aromatic N) is 2. The van der Waals surface area contributed by atoms with Crippen LogP contribution in [0.4, 0.5) is 18.9 Å². The molecule has 1 aliphatic carbocycles. The molecule has 6 nitrogen and oxygen atoms in total. The maximum Gasteiger partial charge on any atom is 0.405 e. The van der Waals surface area contributed by atoms with Gasteiger partial charge in [-0.2, -0.15) is 13.2 Å². The van der Waals surface area contributed by atoms with Crippen LogP contribution in [0.5, 0.6) is 0 Å². The second kappa shape index (κ2) is 8.98. The molecule has 1 heterocycles. The van der Waals surface area contributed by atoms with E-state index in [0.717, 1.165) is 17.3 Å². The summed E-state index contributed by atoms with van der Waals surface area (Å²) >= 11 is 0. The fourth-order valence-electron chi connectivity index (χ4n) is 4.26. The van der Waals surface area contributed by atoms with Crippen molar-refractivity contribution in [1.82, 2.24) is 10.3 Å². The van der Waals surface area contributed by atoms with E-state index in [2.05, 4.69) is 22.1 Å². The third-order valence-corrected chi connectivity index (χ3v) is 5.70. The van der Waals surface area contributed by atoms with Crippen molar-refractivity contribution in [1.29, 1.82) is 0 Å². The molecule has 0 fully saturated rings. The molecule has 0 spiro atoms. The average molecular weight is 465 g/mol. The Balaban J connectivity index is 1.68. The van der Waals surface area contributed by atoms with Crippen LogP contribution in [0.1, 0.15) is 29.7 Å². The lowest BCUT2D eigenvalue weighted by Gasteiger charge is -2.30. The van der Waals surface area contributed by atoms with E-state index in [0.29, 0.717) is 16.8 Å². The summed E-state index contributed by atoms with van der Waals surface area (Å²) in [5, 5.41) is 12.8. The van der Waals surface area contributed by atoms with Crippen molar-refractivity contribution in [2.75, 3.05) is 6.54 Å². The topological polar surface area (TPSA) is 85.1 Å². The predicted octanol–water partition coefficient (Wildman–Crippen LogP) is 4.77. The number of pyridine rings is 1. The Morgan fingerprint density at radius 2 is 1.65 bits per heavy atom. The number of amides is 1. The molecule has 0 saturated heterocycles. The van der Waals surface area contributed by atoms with Gasteiger partial charge in [0.1, 0.15) is 23.9 Å². The Labute approximate surface area is 193 Å². The number of alkyl halides is 3. The molecule has 1 aliphatic rings. The number of carbonyl (C=O) groups excluding carboxylic acids is 1. The largest absolute Gasteiger partial charge is 0.405 e. The highest BCUT2D eigenvalue weighted by atomic mass is 19.4. The van der Waals surface area contributed by atoms with Crippen LogP contribution in [0.15, 0.2) is 66.9 Å². The van der Waals surface area contributed by atoms with Gasteiger partial charge in [0.2, 0.25) is 5.91 Å². The van der Waals surface area contributed by atoms with Crippen molar-refractivity contribution in [2.45, 2.75) is 24.4 Å². The first-order valence-electron chi connectivity index (χ1n) is 10.4. The van der Waals surface area contributed by atoms with Gasteiger partial charge in [-0.1, -0.05) is 54.5 Å². The van der Waals surface area contributed by atoms with Crippen molar-refractivity contribution < 1.29 is 22.9 Å². The van der Waals surface area contributed by atoms with E-state index in [-0.39, 0.29) is 18.5 Å². The average Bonchev–Trinajstić information content (AvgIpc) is 3.11. The van der Waals surface area contributed by atoms with Gasteiger partial charge in [-0.25, -0.2) is 4.98 Å². The first kappa shape index (κ1) is 23.0. The lowest BCUT2D eigenvalue weighted by atomic mass is 9.73. The van der Waals surface area contributed by atoms with Crippen molar-refractivity contribution in [3.63, 3.8) is 0 Å². The SMILES string of the molecule is O=C(NCC(F)(F)F)C1(CCC#Cc2ccc([N+](=O)[O-])cn2)c2ccccc2-c2ccccc21. The van der Waals surface area contributed by atoms with Crippen LogP contribution >= 0.6 is 0 Å². The minimum Gasteiger partial charge on any atom is -0.346 e. The number of rotatable bonds is 5. The molecule has 0 bridgehead atoms. The number of hydrogen-bond donors (Lipinski definition) is 1. The Bertz CT molecular complexity index is 1260. The fraction of sp³-hybridized carbons (Fsp3) is 0.200. The lowest BCUT2D eigenvalue weighted by molar-refractivity contribution is -0.385. The van der Waals surface area contributed by atoms with Crippen LogP contribution in [0.3, 0.4) is 0 Å². The van der Waals surface area contributed by atoms with Gasteiger partial charge >= 0.3 is 6.18 Å². The summed E-state index contributed by atoms with van der Waals surface area (Å²) in [6, 6.07) is 17.1. The molecule has 1 aromatic heterocycles. The molecule has 1 amide bonds. The number of fused-ring (bicyclic) bond motifs is 3. The monoisotopic (exact) mass is 465 g/mol. The Morgan fingerprint density at radius 1 is 1.03 bits per heavy atom. The summed E-state index contributed by atoms with van der Waals surface area (Å²) in [6.45, 7) is -1.43. The van der Waals surface area contributed by atoms with Crippen LogP contribution in [-0.2, 0) is 10.2 Å². The third kappa shape index (κ3) is 4.35. The predicted molar refractivity (Wildman–Crippen MR) is 119 cm³/mol. The number of benzene rings is 2. The number of nitro groups is 1. The van der Waals surface area contributed by atoms with Crippen LogP contribution in [0, 0.1) is 22.0 Å². The van der Waals surface area contributed by atoms with Gasteiger partial charge < -0.3 is 5.32 Å². The standard InChI is InChI=1S/C25H18F3N3O3/c26-25(27,28)16-30-23(32)24(14-6-5-7-17-12-13-18(15-29-17)31(33)34)21-10-3-1-8-19(21)20-9-2-4-11-22(20)24/h1-4,8-13,15H,6,14,16H2,(H,30,32). The smallest absolute Gasteiger partial charge is 0.346 e. The molecule has 1 N–H and O–H groups in total. The van der Waals surface area contributed by atoms with Gasteiger partial charge in [-0.3, -0.25) is 14.9 Å². The molecular formula is C25H18F3N3O3. The number of hydrogen-bond acceptors (Lipinski definition) is 4. The van der Waals surface area contributed by atoms with E-state index in [1.807, 2.05) is 24.3 Å². The molecule has 9 heteroatoms. The zero-order valence-corrected chi connectivity index (χ0v) is 17.7. The highest BCUT2D eigenvalue weighted by Gasteiger charge is 2.49. The lowest BCUT2D eigenvalue weighted by Crippen LogP contribution is -2.47. The Morgan fingerprint density at radius 3 is 2.18 bits per heavy atom. The van der Waals surface area contributed by atoms with E-state index < -0.39 is 29.0 Å². The van der Waals surface area contributed by atoms with E-state index in [9.17, 15) is 28.1 Å². The number of halogens is 3. The van der Waals surface area contributed by atoms with Gasteiger partial charge in [-0.05, 0) is 40.7 Å². The third-order valence-electron chi connectivity index (χ3n) is 5.70. The molecule has 4 rings (SSSR count). The highest BCUT2D eigenvalue weighted by molar-refractivity contribution is 6.00. The zero-order valence-electron chi connectivity index (χ0n) is 17.7. The molecule has 0 atom stereocenters. The number of nitrogens with one attached hydrogen (secondary N) is 1. The summed E-state index contributed by atoms with van der Waals surface area (Å²) in [4.78, 5) is 27.5. The van der Waals surface area contributed by atoms with Crippen LogP contribution < -0.4 is 5.32 Å². The normalized spacial score (nSPS) is 13.3. The summed E-state index contributed by atoms with van der Waals surface area (Å²) < 4.78 is 38.7. The van der Waals surface area contributed by atoms with E-state index >= 15 is 0 Å². The molecule has 0 aliphatic heterocycles. The summed E-state index contributed by atoms with van der Waals surface area (Å²) in [5.74, 6) is 4.97. The van der Waals surface area contributed by atoms with Crippen LogP contribution in [0.25, 0.3) is 11.1 Å². The van der Waals surface area contributed by atoms with Crippen molar-refractivity contribution >= 4 is 11.6 Å². The van der Waals surface area contributed by atoms with Gasteiger partial charge in [0, 0.05) is 12.5 Å². The summed E-state index contributed by atoms with van der Waals surface area (Å²) in [6.07, 6.45) is -3.12. The van der Waals surface area contributed by atoms with Gasteiger partial charge in [-0.15, -0.1) is 0 Å². The second-order valence-electron chi connectivity index (χ2n) is 7.75. The molecular weight excluding hydrogens is 447 g/mol. The first-order chi connectivity index (χ1) is 16.2. The Hall–Kier alpha value is -4.19. The van der Waals surface area contributed by atoms with Crippen LogP contribution in [0.2, 0.25) is 0 Å². The second-order valence-corrected chi connectivity index (χ2v) is 7.75. The van der Waals surface area contributed by atoms with Crippen LogP contribution in [-0.4, -0.2) is 28.5 Å². The summed E-state index contributed by atoms with van der Waals surface area (Å²) in [5.41, 5.74) is 1.67. The fourth-order valence-corrected chi connectivity index (χ4v) is 4.26. The number of aromatic nitrogens is 1. The van der Waals surface area contributed by atoms with Gasteiger partial charge in [0.15, 0.2) is 0 Å². The highest BCUT2D eigenvalue weighted by Crippen LogP contribution is 2.51. The molecule has 0 unspecified atom stereocenters. The molecule has 172 valence electrons. The van der Waals surface area contributed by atoms with Crippen molar-refractivity contribution in [3.05, 3.63) is 93.8 Å². The first-order valence-corrected chi connectivity index (χ1v) is 10.4. The van der Waals surface area contributed by atoms with Gasteiger partial charge in [0.05, 0.1) is 4.92 Å². The minimum absolute atomic E-state index is 0.144. The van der Waals surface area contributed by atoms with Crippen molar-refractivity contribution in [3.8, 4) is 23.0 Å². The molecule has 2 aromatic carbocycles. The molecule has 0 saturated carbocycles. The molecule has 3 aromatic rings. The maximum atomic E-state index is 13.4. The zero-order chi connectivity index (χ0) is 24.3.